The zero-order valence-corrected chi connectivity index (χ0v) is 36.5. The van der Waals surface area contributed by atoms with Crippen molar-refractivity contribution < 1.29 is 53.4 Å². The Hall–Kier alpha value is -6.24. The average molecular weight is 864 g/mol. The largest absolute Gasteiger partial charge is 0.502 e. The summed E-state index contributed by atoms with van der Waals surface area (Å²) >= 11 is 0. The zero-order chi connectivity index (χ0) is 46.1. The normalized spacial score (nSPS) is 14.9. The second-order valence-corrected chi connectivity index (χ2v) is 17.4. The van der Waals surface area contributed by atoms with Crippen LogP contribution in [0.15, 0.2) is 48.7 Å². The number of carbonyl (C=O) groups is 6. The van der Waals surface area contributed by atoms with E-state index in [4.69, 9.17) is 14.6 Å². The average Bonchev–Trinajstić information content (AvgIpc) is 3.77. The molecule has 1 saturated heterocycles. The van der Waals surface area contributed by atoms with Crippen molar-refractivity contribution in [3.05, 3.63) is 75.6 Å². The first kappa shape index (κ1) is 48.4. The molecule has 1 aromatic heterocycles. The van der Waals surface area contributed by atoms with Gasteiger partial charge in [0.15, 0.2) is 5.75 Å². The molecule has 1 fully saturated rings. The molecular weight excluding hydrogens is 807 g/mol. The van der Waals surface area contributed by atoms with Crippen LogP contribution in [0.1, 0.15) is 97.6 Å². The first-order valence-electron chi connectivity index (χ1n) is 20.4. The van der Waals surface area contributed by atoms with Gasteiger partial charge in [0.1, 0.15) is 6.10 Å². The van der Waals surface area contributed by atoms with Crippen molar-refractivity contribution in [1.29, 1.82) is 0 Å². The Balaban J connectivity index is 1.51. The van der Waals surface area contributed by atoms with Crippen LogP contribution in [0.2, 0.25) is 0 Å². The summed E-state index contributed by atoms with van der Waals surface area (Å²) in [5.74, 6) is -4.45. The third-order valence-corrected chi connectivity index (χ3v) is 10.3. The van der Waals surface area contributed by atoms with Gasteiger partial charge in [-0.25, -0.2) is 0 Å². The van der Waals surface area contributed by atoms with Crippen molar-refractivity contribution in [3.8, 4) is 5.75 Å². The standard InChI is InChI=1S/C43H57N7O12/c1-26(2)32-22-38(54)49(40(32)57)31-12-9-28(10-13-31)19-37(53)47(24-36(52)44-42(5,6)25-61-43(7,8)16-15-39(55)56)17-18-48-23-30(45-46-48)21-35(62-41(58)27(3)4)29-11-14-34(51)33(20-29)50(59)60/h9-14,20,23,26-27,32,35,51H,15-19,21-22,24-25H2,1-8H3,(H,44,52)(H,55,56). The van der Waals surface area contributed by atoms with E-state index >= 15 is 0 Å². The number of esters is 1. The number of ether oxygens (including phenoxy) is 2. The van der Waals surface area contributed by atoms with Crippen molar-refractivity contribution in [2.45, 2.75) is 111 Å². The zero-order valence-electron chi connectivity index (χ0n) is 36.5. The molecule has 2 atom stereocenters. The molecule has 0 radical (unpaired) electrons. The second kappa shape index (κ2) is 20.5. The highest BCUT2D eigenvalue weighted by molar-refractivity contribution is 6.21. The first-order valence-corrected chi connectivity index (χ1v) is 20.4. The number of carboxylic acids is 1. The SMILES string of the molecule is CC(C)C(=O)OC(Cc1cn(CCN(CC(=O)NC(C)(C)COC(C)(C)CCC(=O)O)C(=O)Cc2ccc(N3C(=O)CC(C(C)C)C3=O)cc2)nn1)c1ccc(O)c([N+](=O)[O-])c1. The Kier molecular flexibility index (Phi) is 16.1. The van der Waals surface area contributed by atoms with Crippen LogP contribution in [-0.4, -0.2) is 101 Å². The number of anilines is 1. The van der Waals surface area contributed by atoms with Crippen LogP contribution in [0, 0.1) is 27.9 Å². The Morgan fingerprint density at radius 3 is 2.32 bits per heavy atom. The molecule has 0 bridgehead atoms. The van der Waals surface area contributed by atoms with E-state index in [9.17, 15) is 44.0 Å². The van der Waals surface area contributed by atoms with E-state index in [1.807, 2.05) is 13.8 Å². The fourth-order valence-corrected chi connectivity index (χ4v) is 6.62. The Bertz CT molecular complexity index is 2130. The third kappa shape index (κ3) is 13.6. The van der Waals surface area contributed by atoms with Crippen LogP contribution in [0.3, 0.4) is 0 Å². The Morgan fingerprint density at radius 1 is 1.05 bits per heavy atom. The van der Waals surface area contributed by atoms with Gasteiger partial charge in [-0.1, -0.05) is 51.1 Å². The van der Waals surface area contributed by atoms with Crippen molar-refractivity contribution in [2.24, 2.45) is 17.8 Å². The summed E-state index contributed by atoms with van der Waals surface area (Å²) in [4.78, 5) is 90.3. The van der Waals surface area contributed by atoms with E-state index in [1.165, 1.54) is 20.5 Å². The summed E-state index contributed by atoms with van der Waals surface area (Å²) in [6.45, 7) is 13.8. The maximum atomic E-state index is 13.9. The molecule has 62 heavy (non-hydrogen) atoms. The van der Waals surface area contributed by atoms with Gasteiger partial charge in [-0.3, -0.25) is 48.5 Å². The molecule has 2 unspecified atom stereocenters. The Labute approximate surface area is 359 Å². The number of aliphatic carboxylic acids is 1. The molecule has 4 rings (SSSR count). The van der Waals surface area contributed by atoms with Gasteiger partial charge in [0.25, 0.3) is 0 Å². The van der Waals surface area contributed by atoms with Gasteiger partial charge in [0.05, 0.1) is 65.4 Å². The molecule has 2 aromatic carbocycles. The topological polar surface area (TPSA) is 254 Å². The molecule has 0 aliphatic carbocycles. The number of aromatic hydroxyl groups is 1. The summed E-state index contributed by atoms with van der Waals surface area (Å²) < 4.78 is 13.1. The predicted molar refractivity (Wildman–Crippen MR) is 223 cm³/mol. The van der Waals surface area contributed by atoms with Crippen LogP contribution in [0.4, 0.5) is 11.4 Å². The number of hydrogen-bond donors (Lipinski definition) is 3. The van der Waals surface area contributed by atoms with Gasteiger partial charge in [0.2, 0.25) is 23.6 Å². The molecule has 3 aromatic rings. The van der Waals surface area contributed by atoms with Crippen LogP contribution in [0.25, 0.3) is 0 Å². The summed E-state index contributed by atoms with van der Waals surface area (Å²) in [6, 6.07) is 10.2. The van der Waals surface area contributed by atoms with Crippen LogP contribution < -0.4 is 10.2 Å². The number of imide groups is 1. The highest BCUT2D eigenvalue weighted by Gasteiger charge is 2.41. The lowest BCUT2D eigenvalue weighted by Crippen LogP contribution is -2.52. The van der Waals surface area contributed by atoms with Crippen molar-refractivity contribution >= 4 is 46.9 Å². The number of nitrogens with zero attached hydrogens (tertiary/aromatic N) is 6. The lowest BCUT2D eigenvalue weighted by molar-refractivity contribution is -0.386. The molecule has 336 valence electrons. The first-order chi connectivity index (χ1) is 28.9. The molecule has 2 heterocycles. The van der Waals surface area contributed by atoms with E-state index < -0.39 is 69.2 Å². The number of phenolic OH excluding ortho intramolecular Hbond substituents is 1. The summed E-state index contributed by atoms with van der Waals surface area (Å²) in [5, 5.41) is 41.9. The second-order valence-electron chi connectivity index (χ2n) is 17.4. The molecule has 19 heteroatoms. The van der Waals surface area contributed by atoms with Crippen molar-refractivity contribution in [2.75, 3.05) is 24.6 Å². The summed E-state index contributed by atoms with van der Waals surface area (Å²) in [7, 11) is 0. The quantitative estimate of drug-likeness (QED) is 0.0543. The number of phenols is 1. The molecule has 3 N–H and O–H groups in total. The van der Waals surface area contributed by atoms with Gasteiger partial charge in [-0.2, -0.15) is 0 Å². The van der Waals surface area contributed by atoms with Crippen LogP contribution in [0.5, 0.6) is 5.75 Å². The number of rotatable bonds is 22. The number of amides is 4. The predicted octanol–water partition coefficient (Wildman–Crippen LogP) is 4.54. The fourth-order valence-electron chi connectivity index (χ4n) is 6.62. The molecule has 0 spiro atoms. The number of nitro groups is 1. The van der Waals surface area contributed by atoms with Gasteiger partial charge in [-0.15, -0.1) is 5.10 Å². The van der Waals surface area contributed by atoms with E-state index in [0.29, 0.717) is 16.9 Å². The van der Waals surface area contributed by atoms with Crippen LogP contribution >= 0.6 is 0 Å². The minimum atomic E-state index is -1.02. The van der Waals surface area contributed by atoms with Crippen molar-refractivity contribution in [1.82, 2.24) is 25.2 Å². The molecule has 19 nitrogen and oxygen atoms in total. The number of benzene rings is 2. The van der Waals surface area contributed by atoms with Crippen molar-refractivity contribution in [3.63, 3.8) is 0 Å². The van der Waals surface area contributed by atoms with Crippen LogP contribution in [-0.2, 0) is 57.6 Å². The fraction of sp³-hybridized carbons (Fsp3) is 0.535. The third-order valence-electron chi connectivity index (χ3n) is 10.3. The maximum absolute atomic E-state index is 13.9. The highest BCUT2D eigenvalue weighted by Crippen LogP contribution is 2.33. The number of carbonyl (C=O) groups excluding carboxylic acids is 5. The number of nitrogens with one attached hydrogen (secondary N) is 1. The lowest BCUT2D eigenvalue weighted by atomic mass is 9.94. The monoisotopic (exact) mass is 863 g/mol. The molecule has 4 amide bonds. The minimum Gasteiger partial charge on any atom is -0.502 e. The number of nitro benzene ring substituents is 1. The minimum absolute atomic E-state index is 0.00239. The molecule has 0 saturated carbocycles. The number of carboxylic acid groups (broad SMARTS) is 1. The van der Waals surface area contributed by atoms with E-state index in [0.717, 1.165) is 12.1 Å². The van der Waals surface area contributed by atoms with Gasteiger partial charge < -0.3 is 29.9 Å². The molecule has 1 aliphatic heterocycles. The van der Waals surface area contributed by atoms with Gasteiger partial charge in [0, 0.05) is 38.1 Å². The number of hydrogen-bond acceptors (Lipinski definition) is 13. The molecule has 1 aliphatic rings. The summed E-state index contributed by atoms with van der Waals surface area (Å²) in [6.07, 6.45) is 0.681. The Morgan fingerprint density at radius 2 is 1.73 bits per heavy atom. The van der Waals surface area contributed by atoms with Gasteiger partial charge in [-0.05, 0) is 69.4 Å². The van der Waals surface area contributed by atoms with E-state index in [2.05, 4.69) is 15.6 Å². The smallest absolute Gasteiger partial charge is 0.311 e. The van der Waals surface area contributed by atoms with E-state index in [-0.39, 0.29) is 81.6 Å². The maximum Gasteiger partial charge on any atom is 0.311 e. The number of aromatic nitrogens is 3. The van der Waals surface area contributed by atoms with Gasteiger partial charge >= 0.3 is 17.6 Å². The van der Waals surface area contributed by atoms with E-state index in [1.54, 1.807) is 72.0 Å². The summed E-state index contributed by atoms with van der Waals surface area (Å²) in [5.41, 5.74) is -0.676. The molecular formula is C43H57N7O12. The lowest BCUT2D eigenvalue weighted by Gasteiger charge is -2.33. The highest BCUT2D eigenvalue weighted by atomic mass is 16.6.